The van der Waals surface area contributed by atoms with E-state index in [1.54, 1.807) is 36.4 Å². The molecule has 0 aliphatic rings. The van der Waals surface area contributed by atoms with Crippen molar-refractivity contribution in [2.24, 2.45) is 0 Å². The van der Waals surface area contributed by atoms with Crippen molar-refractivity contribution >= 4 is 11.6 Å². The lowest BCUT2D eigenvalue weighted by molar-refractivity contribution is -0.114. The molecule has 2 rings (SSSR count). The van der Waals surface area contributed by atoms with Crippen LogP contribution in [0.3, 0.4) is 0 Å². The van der Waals surface area contributed by atoms with E-state index < -0.39 is 0 Å². The Bertz CT molecular complexity index is 581. The number of halogens is 1. The van der Waals surface area contributed by atoms with Crippen molar-refractivity contribution < 1.29 is 18.7 Å². The number of benzene rings is 2. The lowest BCUT2D eigenvalue weighted by Crippen LogP contribution is -2.09. The van der Waals surface area contributed by atoms with Gasteiger partial charge in [-0.15, -0.1) is 0 Å². The minimum Gasteiger partial charge on any atom is -0.490 e. The highest BCUT2D eigenvalue weighted by molar-refractivity contribution is 5.88. The summed E-state index contributed by atoms with van der Waals surface area (Å²) in [7, 11) is 0. The Labute approximate surface area is 122 Å². The molecule has 21 heavy (non-hydrogen) atoms. The Morgan fingerprint density at radius 2 is 1.43 bits per heavy atom. The summed E-state index contributed by atoms with van der Waals surface area (Å²) >= 11 is 0. The van der Waals surface area contributed by atoms with Crippen molar-refractivity contribution in [3.8, 4) is 11.5 Å². The lowest BCUT2D eigenvalue weighted by Gasteiger charge is -2.09. The molecule has 5 heteroatoms. The molecule has 0 bridgehead atoms. The first-order chi connectivity index (χ1) is 10.1. The molecule has 0 unspecified atom stereocenters. The normalized spacial score (nSPS) is 10.0. The van der Waals surface area contributed by atoms with Crippen molar-refractivity contribution in [1.82, 2.24) is 0 Å². The molecule has 0 aliphatic heterocycles. The summed E-state index contributed by atoms with van der Waals surface area (Å²) in [6, 6.07) is 12.9. The maximum Gasteiger partial charge on any atom is 0.221 e. The molecule has 0 aromatic heterocycles. The van der Waals surface area contributed by atoms with Crippen molar-refractivity contribution in [3.63, 3.8) is 0 Å². The minimum absolute atomic E-state index is 0.114. The van der Waals surface area contributed by atoms with Gasteiger partial charge >= 0.3 is 0 Å². The van der Waals surface area contributed by atoms with E-state index in [9.17, 15) is 9.18 Å². The summed E-state index contributed by atoms with van der Waals surface area (Å²) in [5, 5.41) is 2.68. The molecular weight excluding hydrogens is 273 g/mol. The molecule has 0 atom stereocenters. The summed E-state index contributed by atoms with van der Waals surface area (Å²) in [6.45, 7) is 2.19. The number of carbonyl (C=O) groups is 1. The van der Waals surface area contributed by atoms with Gasteiger partial charge in [-0.1, -0.05) is 0 Å². The smallest absolute Gasteiger partial charge is 0.221 e. The highest BCUT2D eigenvalue weighted by Crippen LogP contribution is 2.16. The van der Waals surface area contributed by atoms with Gasteiger partial charge in [0.2, 0.25) is 5.91 Å². The van der Waals surface area contributed by atoms with Crippen LogP contribution in [0.25, 0.3) is 0 Å². The number of anilines is 1. The van der Waals surface area contributed by atoms with Crippen molar-refractivity contribution in [1.29, 1.82) is 0 Å². The number of amides is 1. The average molecular weight is 289 g/mol. The molecule has 1 amide bonds. The van der Waals surface area contributed by atoms with Crippen molar-refractivity contribution in [3.05, 3.63) is 54.3 Å². The Morgan fingerprint density at radius 3 is 1.90 bits per heavy atom. The fourth-order valence-corrected chi connectivity index (χ4v) is 1.69. The lowest BCUT2D eigenvalue weighted by atomic mass is 10.3. The van der Waals surface area contributed by atoms with Gasteiger partial charge in [-0.3, -0.25) is 4.79 Å². The fourth-order valence-electron chi connectivity index (χ4n) is 1.69. The molecule has 2 aromatic rings. The van der Waals surface area contributed by atoms with Crippen LogP contribution >= 0.6 is 0 Å². The van der Waals surface area contributed by atoms with Crippen LogP contribution in [0.15, 0.2) is 48.5 Å². The SMILES string of the molecule is CC(=O)Nc1ccc(OCCOc2ccc(F)cc2)cc1. The zero-order valence-electron chi connectivity index (χ0n) is 11.6. The third-order valence-electron chi connectivity index (χ3n) is 2.61. The van der Waals surface area contributed by atoms with Crippen LogP contribution in [0, 0.1) is 5.82 Å². The van der Waals surface area contributed by atoms with Gasteiger partial charge in [-0.25, -0.2) is 4.39 Å². The van der Waals surface area contributed by atoms with Crippen LogP contribution in [0.2, 0.25) is 0 Å². The zero-order chi connectivity index (χ0) is 15.1. The molecule has 2 aromatic carbocycles. The van der Waals surface area contributed by atoms with E-state index in [0.717, 1.165) is 5.69 Å². The molecule has 0 radical (unpaired) electrons. The number of rotatable bonds is 6. The monoisotopic (exact) mass is 289 g/mol. The predicted molar refractivity (Wildman–Crippen MR) is 78.1 cm³/mol. The highest BCUT2D eigenvalue weighted by Gasteiger charge is 1.98. The van der Waals surface area contributed by atoms with E-state index >= 15 is 0 Å². The van der Waals surface area contributed by atoms with Crippen LogP contribution in [-0.2, 0) is 4.79 Å². The van der Waals surface area contributed by atoms with Crippen molar-refractivity contribution in [2.45, 2.75) is 6.92 Å². The van der Waals surface area contributed by atoms with E-state index in [4.69, 9.17) is 9.47 Å². The molecule has 0 spiro atoms. The standard InChI is InChI=1S/C16H16FNO3/c1-12(19)18-14-4-8-16(9-5-14)21-11-10-20-15-6-2-13(17)3-7-15/h2-9H,10-11H2,1H3,(H,18,19). The van der Waals surface area contributed by atoms with E-state index in [2.05, 4.69) is 5.32 Å². The van der Waals surface area contributed by atoms with Gasteiger partial charge in [0, 0.05) is 12.6 Å². The molecule has 0 heterocycles. The number of hydrogen-bond donors (Lipinski definition) is 1. The third-order valence-corrected chi connectivity index (χ3v) is 2.61. The molecule has 0 fully saturated rings. The Kier molecular flexibility index (Phi) is 5.15. The minimum atomic E-state index is -0.294. The molecule has 1 N–H and O–H groups in total. The number of nitrogens with one attached hydrogen (secondary N) is 1. The molecule has 110 valence electrons. The molecule has 4 nitrogen and oxygen atoms in total. The zero-order valence-corrected chi connectivity index (χ0v) is 11.6. The molecular formula is C16H16FNO3. The number of ether oxygens (including phenoxy) is 2. The van der Waals surface area contributed by atoms with Gasteiger partial charge < -0.3 is 14.8 Å². The quantitative estimate of drug-likeness (QED) is 0.830. The fraction of sp³-hybridized carbons (Fsp3) is 0.188. The Hall–Kier alpha value is -2.56. The van der Waals surface area contributed by atoms with E-state index in [-0.39, 0.29) is 11.7 Å². The first-order valence-corrected chi connectivity index (χ1v) is 6.52. The number of carbonyl (C=O) groups excluding carboxylic acids is 1. The van der Waals surface area contributed by atoms with Crippen LogP contribution < -0.4 is 14.8 Å². The van der Waals surface area contributed by atoms with Crippen molar-refractivity contribution in [2.75, 3.05) is 18.5 Å². The van der Waals surface area contributed by atoms with Crippen LogP contribution in [0.5, 0.6) is 11.5 Å². The summed E-state index contributed by atoms with van der Waals surface area (Å²) < 4.78 is 23.6. The molecule has 0 saturated carbocycles. The second-order valence-corrected chi connectivity index (χ2v) is 4.36. The molecule has 0 saturated heterocycles. The van der Waals surface area contributed by atoms with E-state index in [1.807, 2.05) is 0 Å². The van der Waals surface area contributed by atoms with E-state index in [0.29, 0.717) is 24.7 Å². The topological polar surface area (TPSA) is 47.6 Å². The molecule has 0 aliphatic carbocycles. The maximum absolute atomic E-state index is 12.7. The average Bonchev–Trinajstić information content (AvgIpc) is 2.46. The summed E-state index contributed by atoms with van der Waals surface area (Å²) in [6.07, 6.45) is 0. The Morgan fingerprint density at radius 1 is 0.952 bits per heavy atom. The van der Waals surface area contributed by atoms with Gasteiger partial charge in [0.1, 0.15) is 30.5 Å². The predicted octanol–water partition coefficient (Wildman–Crippen LogP) is 3.24. The highest BCUT2D eigenvalue weighted by atomic mass is 19.1. The number of hydrogen-bond acceptors (Lipinski definition) is 3. The summed E-state index contributed by atoms with van der Waals surface area (Å²) in [4.78, 5) is 10.9. The van der Waals surface area contributed by atoms with Gasteiger partial charge in [-0.2, -0.15) is 0 Å². The van der Waals surface area contributed by atoms with Gasteiger partial charge in [-0.05, 0) is 48.5 Å². The maximum atomic E-state index is 12.7. The van der Waals surface area contributed by atoms with Gasteiger partial charge in [0.15, 0.2) is 0 Å². The third kappa shape index (κ3) is 5.14. The first-order valence-electron chi connectivity index (χ1n) is 6.52. The summed E-state index contributed by atoms with van der Waals surface area (Å²) in [5.74, 6) is 0.877. The Balaban J connectivity index is 1.73. The van der Waals surface area contributed by atoms with Crippen LogP contribution in [0.1, 0.15) is 6.92 Å². The van der Waals surface area contributed by atoms with Crippen LogP contribution in [-0.4, -0.2) is 19.1 Å². The largest absolute Gasteiger partial charge is 0.490 e. The second-order valence-electron chi connectivity index (χ2n) is 4.36. The second kappa shape index (κ2) is 7.28. The van der Waals surface area contributed by atoms with Crippen LogP contribution in [0.4, 0.5) is 10.1 Å². The summed E-state index contributed by atoms with van der Waals surface area (Å²) in [5.41, 5.74) is 0.720. The van der Waals surface area contributed by atoms with E-state index in [1.165, 1.54) is 19.1 Å². The van der Waals surface area contributed by atoms with Gasteiger partial charge in [0.25, 0.3) is 0 Å². The van der Waals surface area contributed by atoms with Gasteiger partial charge in [0.05, 0.1) is 0 Å². The first kappa shape index (κ1) is 14.8.